The fourth-order valence-corrected chi connectivity index (χ4v) is 7.22. The van der Waals surface area contributed by atoms with Gasteiger partial charge in [0.15, 0.2) is 0 Å². The highest BCUT2D eigenvalue weighted by molar-refractivity contribution is 5.71. The SMILES string of the molecule is CC(C)(C)OC(=O)NCCCC(Cc1ncn2c1CCCc1ccccc1-2)C(=O)O.NCCCC(Cc1ncn2c1CCCc1ccccc1-2)C(=O)O. The number of benzene rings is 2. The number of ether oxygens (including phenoxy) is 1. The number of alkyl carbamates (subject to hydrolysis) is 1. The van der Waals surface area contributed by atoms with Crippen LogP contribution in [0.1, 0.15) is 93.2 Å². The Morgan fingerprint density at radius 2 is 1.25 bits per heavy atom. The van der Waals surface area contributed by atoms with Gasteiger partial charge >= 0.3 is 18.0 Å². The molecule has 0 bridgehead atoms. The Labute approximate surface area is 311 Å². The maximum absolute atomic E-state index is 11.8. The molecule has 4 aromatic rings. The number of carboxylic acids is 2. The van der Waals surface area contributed by atoms with Crippen molar-refractivity contribution in [3.05, 3.63) is 95.1 Å². The van der Waals surface area contributed by atoms with Crippen molar-refractivity contribution in [1.82, 2.24) is 24.4 Å². The van der Waals surface area contributed by atoms with E-state index in [4.69, 9.17) is 10.5 Å². The first-order valence-corrected chi connectivity index (χ1v) is 18.8. The van der Waals surface area contributed by atoms with Crippen molar-refractivity contribution >= 4 is 18.0 Å². The molecule has 0 saturated carbocycles. The maximum atomic E-state index is 11.8. The molecule has 0 saturated heterocycles. The number of carbonyl (C=O) groups excluding carboxylic acids is 1. The maximum Gasteiger partial charge on any atom is 0.407 e. The number of nitrogens with one attached hydrogen (secondary N) is 1. The summed E-state index contributed by atoms with van der Waals surface area (Å²) in [6.07, 6.45) is 12.4. The van der Waals surface area contributed by atoms with Crippen molar-refractivity contribution in [3.63, 3.8) is 0 Å². The Bertz CT molecular complexity index is 1860. The van der Waals surface area contributed by atoms with E-state index >= 15 is 0 Å². The highest BCUT2D eigenvalue weighted by Gasteiger charge is 2.26. The van der Waals surface area contributed by atoms with Gasteiger partial charge in [0.1, 0.15) is 5.60 Å². The third-order valence-corrected chi connectivity index (χ3v) is 9.86. The molecule has 4 heterocycles. The van der Waals surface area contributed by atoms with Gasteiger partial charge in [-0.1, -0.05) is 36.4 Å². The van der Waals surface area contributed by atoms with E-state index in [1.165, 1.54) is 16.8 Å². The number of amides is 1. The number of hydrogen-bond donors (Lipinski definition) is 4. The smallest absolute Gasteiger partial charge is 0.407 e. The van der Waals surface area contributed by atoms with Gasteiger partial charge in [0.2, 0.25) is 0 Å². The molecule has 5 N–H and O–H groups in total. The van der Waals surface area contributed by atoms with Gasteiger partial charge in [-0.2, -0.15) is 0 Å². The fraction of sp³-hybridized carbons (Fsp3) is 0.488. The number of hydrogen-bond acceptors (Lipinski definition) is 7. The minimum Gasteiger partial charge on any atom is -0.481 e. The third kappa shape index (κ3) is 10.6. The highest BCUT2D eigenvalue weighted by Crippen LogP contribution is 2.29. The molecule has 0 radical (unpaired) electrons. The number of aryl methyl sites for hydroxylation is 2. The van der Waals surface area contributed by atoms with E-state index in [1.807, 2.05) is 30.9 Å². The Kier molecular flexibility index (Phi) is 13.5. The molecule has 284 valence electrons. The lowest BCUT2D eigenvalue weighted by atomic mass is 9.96. The van der Waals surface area contributed by atoms with Crippen LogP contribution in [0, 0.1) is 11.8 Å². The number of aromatic nitrogens is 4. The number of carboxylic acid groups (broad SMARTS) is 2. The Morgan fingerprint density at radius 3 is 1.70 bits per heavy atom. The molecule has 2 aromatic carbocycles. The first-order chi connectivity index (χ1) is 25.4. The summed E-state index contributed by atoms with van der Waals surface area (Å²) in [5, 5.41) is 21.8. The lowest BCUT2D eigenvalue weighted by Crippen LogP contribution is -2.33. The summed E-state index contributed by atoms with van der Waals surface area (Å²) in [6.45, 7) is 6.32. The van der Waals surface area contributed by atoms with Gasteiger partial charge in [-0.15, -0.1) is 0 Å². The van der Waals surface area contributed by atoms with Gasteiger partial charge < -0.3 is 35.1 Å². The summed E-state index contributed by atoms with van der Waals surface area (Å²) in [7, 11) is 0. The molecule has 0 aliphatic carbocycles. The second kappa shape index (κ2) is 18.2. The number of carbonyl (C=O) groups is 3. The van der Waals surface area contributed by atoms with Gasteiger partial charge in [0, 0.05) is 42.1 Å². The van der Waals surface area contributed by atoms with Gasteiger partial charge in [-0.25, -0.2) is 14.8 Å². The number of fused-ring (bicyclic) bond motifs is 6. The Hall–Kier alpha value is -4.97. The first-order valence-electron chi connectivity index (χ1n) is 18.8. The van der Waals surface area contributed by atoms with E-state index in [9.17, 15) is 24.6 Å². The van der Waals surface area contributed by atoms with E-state index in [0.717, 1.165) is 73.4 Å². The van der Waals surface area contributed by atoms with Crippen LogP contribution < -0.4 is 11.1 Å². The van der Waals surface area contributed by atoms with E-state index in [1.54, 1.807) is 20.8 Å². The predicted molar refractivity (Wildman–Crippen MR) is 203 cm³/mol. The van der Waals surface area contributed by atoms with Crippen LogP contribution in [0.15, 0.2) is 61.2 Å². The number of aliphatic carboxylic acids is 2. The molecule has 53 heavy (non-hydrogen) atoms. The number of nitrogens with zero attached hydrogens (tertiary/aromatic N) is 4. The molecule has 12 heteroatoms. The molecule has 2 aliphatic heterocycles. The second-order valence-corrected chi connectivity index (χ2v) is 15.0. The topological polar surface area (TPSA) is 175 Å². The van der Waals surface area contributed by atoms with E-state index in [-0.39, 0.29) is 0 Å². The van der Waals surface area contributed by atoms with Crippen LogP contribution >= 0.6 is 0 Å². The lowest BCUT2D eigenvalue weighted by molar-refractivity contribution is -0.143. The van der Waals surface area contributed by atoms with Gasteiger partial charge in [-0.3, -0.25) is 9.59 Å². The van der Waals surface area contributed by atoms with Crippen LogP contribution in [0.4, 0.5) is 4.79 Å². The van der Waals surface area contributed by atoms with Crippen molar-refractivity contribution in [3.8, 4) is 11.4 Å². The van der Waals surface area contributed by atoms with Gasteiger partial charge in [0.25, 0.3) is 0 Å². The number of rotatable bonds is 13. The highest BCUT2D eigenvalue weighted by atomic mass is 16.6. The van der Waals surface area contributed by atoms with E-state index in [0.29, 0.717) is 45.2 Å². The molecular weight excluding hydrogens is 672 g/mol. The van der Waals surface area contributed by atoms with Crippen molar-refractivity contribution in [2.24, 2.45) is 17.6 Å². The largest absolute Gasteiger partial charge is 0.481 e. The molecular formula is C41H54N6O6. The molecule has 2 aromatic heterocycles. The average Bonchev–Trinajstić information content (AvgIpc) is 3.58. The minimum absolute atomic E-state index is 0.382. The zero-order chi connectivity index (χ0) is 38.0. The lowest BCUT2D eigenvalue weighted by Gasteiger charge is -2.20. The predicted octanol–water partition coefficient (Wildman–Crippen LogP) is 6.25. The van der Waals surface area contributed by atoms with Crippen molar-refractivity contribution in [2.75, 3.05) is 13.1 Å². The molecule has 6 rings (SSSR count). The molecule has 2 aliphatic rings. The van der Waals surface area contributed by atoms with Crippen LogP contribution in [0.5, 0.6) is 0 Å². The normalized spacial score (nSPS) is 14.4. The van der Waals surface area contributed by atoms with Crippen LogP contribution in [0.25, 0.3) is 11.4 Å². The summed E-state index contributed by atoms with van der Waals surface area (Å²) in [5.74, 6) is -2.53. The van der Waals surface area contributed by atoms with E-state index < -0.39 is 35.5 Å². The summed E-state index contributed by atoms with van der Waals surface area (Å²) in [5.41, 5.74) is 14.0. The minimum atomic E-state index is -0.831. The zero-order valence-corrected chi connectivity index (χ0v) is 31.2. The second-order valence-electron chi connectivity index (χ2n) is 15.0. The Morgan fingerprint density at radius 1 is 0.774 bits per heavy atom. The van der Waals surface area contributed by atoms with Crippen molar-refractivity contribution in [1.29, 1.82) is 0 Å². The summed E-state index contributed by atoms with van der Waals surface area (Å²) < 4.78 is 9.45. The zero-order valence-electron chi connectivity index (χ0n) is 31.2. The van der Waals surface area contributed by atoms with Crippen LogP contribution in [-0.2, 0) is 52.9 Å². The van der Waals surface area contributed by atoms with Crippen molar-refractivity contribution < 1.29 is 29.3 Å². The Balaban J connectivity index is 0.000000211. The van der Waals surface area contributed by atoms with Gasteiger partial charge in [-0.05, 0) is 115 Å². The average molecular weight is 727 g/mol. The third-order valence-electron chi connectivity index (χ3n) is 9.86. The fourth-order valence-electron chi connectivity index (χ4n) is 7.22. The number of nitrogens with two attached hydrogens (primary N) is 1. The summed E-state index contributed by atoms with van der Waals surface area (Å²) in [4.78, 5) is 44.1. The monoisotopic (exact) mass is 726 g/mol. The molecule has 1 amide bonds. The summed E-state index contributed by atoms with van der Waals surface area (Å²) in [6, 6.07) is 16.7. The standard InChI is InChI=1S/C23H31N3O4.C18H23N3O2/c1-23(2,3)30-22(29)24-13-7-10-17(21(27)28)14-18-20-12-6-9-16-8-4-5-11-19(16)26(20)15-25-18;19-10-4-7-14(18(22)23)11-15-17-9-3-6-13-5-1-2-8-16(13)21(17)12-20-15/h4-5,8,11,15,17H,6-7,9-10,12-14H2,1-3H3,(H,24,29)(H,27,28);1-2,5,8,12,14H,3-4,6-7,9-11,19H2,(H,22,23). The number of imidazole rings is 2. The molecule has 12 nitrogen and oxygen atoms in total. The molecule has 2 atom stereocenters. The molecule has 2 unspecified atom stereocenters. The van der Waals surface area contributed by atoms with E-state index in [2.05, 4.69) is 54.8 Å². The van der Waals surface area contributed by atoms with Crippen LogP contribution in [-0.4, -0.2) is 66.0 Å². The molecule has 0 fully saturated rings. The van der Waals surface area contributed by atoms with Crippen LogP contribution in [0.2, 0.25) is 0 Å². The van der Waals surface area contributed by atoms with Gasteiger partial charge in [0.05, 0.1) is 35.9 Å². The van der Waals surface area contributed by atoms with Crippen molar-refractivity contribution in [2.45, 2.75) is 103 Å². The quantitative estimate of drug-likeness (QED) is 0.116. The number of para-hydroxylation sites is 2. The molecule has 0 spiro atoms. The first kappa shape index (κ1) is 39.2. The van der Waals surface area contributed by atoms with Crippen LogP contribution in [0.3, 0.4) is 0 Å². The summed E-state index contributed by atoms with van der Waals surface area (Å²) >= 11 is 0.